The number of nitrogens with one attached hydrogen (secondary N) is 1. The van der Waals surface area contributed by atoms with E-state index in [1.807, 2.05) is 42.8 Å². The summed E-state index contributed by atoms with van der Waals surface area (Å²) in [6, 6.07) is 16.2. The zero-order chi connectivity index (χ0) is 19.5. The first-order valence-corrected chi connectivity index (χ1v) is 9.98. The van der Waals surface area contributed by atoms with E-state index in [9.17, 15) is 9.90 Å². The Balaban J connectivity index is 1.41. The SMILES string of the molecule is NC(=O)[C@@H]1CC(NC[C@H](O)[CH]Cc2ccccc2)c2cc(C3CC3)ccc2O1. The molecule has 2 aromatic rings. The van der Waals surface area contributed by atoms with Crippen LogP contribution in [0.1, 0.15) is 47.9 Å². The van der Waals surface area contributed by atoms with Gasteiger partial charge >= 0.3 is 0 Å². The van der Waals surface area contributed by atoms with Crippen LogP contribution in [0.4, 0.5) is 0 Å². The van der Waals surface area contributed by atoms with Crippen LogP contribution >= 0.6 is 0 Å². The topological polar surface area (TPSA) is 84.6 Å². The molecule has 4 N–H and O–H groups in total. The summed E-state index contributed by atoms with van der Waals surface area (Å²) >= 11 is 0. The second-order valence-electron chi connectivity index (χ2n) is 7.77. The molecule has 5 nitrogen and oxygen atoms in total. The zero-order valence-corrected chi connectivity index (χ0v) is 15.9. The summed E-state index contributed by atoms with van der Waals surface area (Å²) in [6.07, 6.45) is 4.32. The Bertz CT molecular complexity index is 820. The number of amides is 1. The largest absolute Gasteiger partial charge is 0.480 e. The van der Waals surface area contributed by atoms with Crippen molar-refractivity contribution in [2.75, 3.05) is 6.54 Å². The lowest BCUT2D eigenvalue weighted by atomic mass is 9.93. The third-order valence-corrected chi connectivity index (χ3v) is 5.54. The molecule has 4 rings (SSSR count). The highest BCUT2D eigenvalue weighted by Gasteiger charge is 2.33. The zero-order valence-electron chi connectivity index (χ0n) is 15.9. The lowest BCUT2D eigenvalue weighted by molar-refractivity contribution is -0.125. The van der Waals surface area contributed by atoms with Crippen molar-refractivity contribution in [3.8, 4) is 5.75 Å². The molecule has 1 aliphatic carbocycles. The van der Waals surface area contributed by atoms with Crippen LogP contribution in [0.5, 0.6) is 5.75 Å². The van der Waals surface area contributed by atoms with Gasteiger partial charge in [0.05, 0.1) is 6.10 Å². The number of benzene rings is 2. The van der Waals surface area contributed by atoms with Crippen LogP contribution < -0.4 is 15.8 Å². The fraction of sp³-hybridized carbons (Fsp3) is 0.391. The minimum absolute atomic E-state index is 0.0697. The third-order valence-electron chi connectivity index (χ3n) is 5.54. The molecule has 1 amide bonds. The summed E-state index contributed by atoms with van der Waals surface area (Å²) in [5, 5.41) is 13.8. The van der Waals surface area contributed by atoms with Crippen molar-refractivity contribution in [3.63, 3.8) is 0 Å². The number of aliphatic hydroxyl groups is 1. The van der Waals surface area contributed by atoms with E-state index < -0.39 is 18.1 Å². The number of fused-ring (bicyclic) bond motifs is 1. The summed E-state index contributed by atoms with van der Waals surface area (Å²) in [7, 11) is 0. The van der Waals surface area contributed by atoms with E-state index in [2.05, 4.69) is 17.4 Å². The number of hydrogen-bond acceptors (Lipinski definition) is 4. The summed E-state index contributed by atoms with van der Waals surface area (Å²) in [5.41, 5.74) is 9.04. The number of hydrogen-bond donors (Lipinski definition) is 3. The van der Waals surface area contributed by atoms with Gasteiger partial charge in [0, 0.05) is 24.6 Å². The predicted octanol–water partition coefficient (Wildman–Crippen LogP) is 2.64. The monoisotopic (exact) mass is 379 g/mol. The van der Waals surface area contributed by atoms with Gasteiger partial charge in [-0.1, -0.05) is 42.5 Å². The number of nitrogens with two attached hydrogens (primary N) is 1. The molecule has 5 heteroatoms. The van der Waals surface area contributed by atoms with Crippen LogP contribution in [-0.4, -0.2) is 29.8 Å². The smallest absolute Gasteiger partial charge is 0.258 e. The predicted molar refractivity (Wildman–Crippen MR) is 108 cm³/mol. The molecule has 1 aliphatic heterocycles. The van der Waals surface area contributed by atoms with Crippen LogP contribution in [0, 0.1) is 6.42 Å². The maximum Gasteiger partial charge on any atom is 0.258 e. The van der Waals surface area contributed by atoms with E-state index in [0.29, 0.717) is 31.1 Å². The standard InChI is InChI=1S/C23H27N2O3/c24-23(27)22-13-20(19-12-17(16-7-8-16)9-11-21(19)28-22)25-14-18(26)10-6-15-4-2-1-3-5-15/h1-5,9-12,16,18,20,22,25-26H,6-8,13-14H2,(H2,24,27)/t18-,20?,22+/m1/s1. The molecule has 0 spiro atoms. The summed E-state index contributed by atoms with van der Waals surface area (Å²) in [5.74, 6) is 0.893. The molecule has 0 saturated heterocycles. The van der Waals surface area contributed by atoms with Crippen LogP contribution in [-0.2, 0) is 11.2 Å². The Kier molecular flexibility index (Phi) is 5.64. The van der Waals surface area contributed by atoms with Crippen LogP contribution in [0.25, 0.3) is 0 Å². The average molecular weight is 379 g/mol. The Morgan fingerprint density at radius 2 is 2.04 bits per heavy atom. The van der Waals surface area contributed by atoms with Crippen molar-refractivity contribution < 1.29 is 14.6 Å². The Labute approximate surface area is 165 Å². The van der Waals surface area contributed by atoms with E-state index in [-0.39, 0.29) is 6.04 Å². The van der Waals surface area contributed by atoms with Gasteiger partial charge in [0.25, 0.3) is 5.91 Å². The first-order chi connectivity index (χ1) is 13.6. The Morgan fingerprint density at radius 3 is 2.75 bits per heavy atom. The van der Waals surface area contributed by atoms with Gasteiger partial charge in [0.2, 0.25) is 0 Å². The molecule has 1 unspecified atom stereocenters. The van der Waals surface area contributed by atoms with E-state index in [4.69, 9.17) is 10.5 Å². The summed E-state index contributed by atoms with van der Waals surface area (Å²) < 4.78 is 5.81. The van der Waals surface area contributed by atoms with Crippen LogP contribution in [0.2, 0.25) is 0 Å². The van der Waals surface area contributed by atoms with Gasteiger partial charge < -0.3 is 20.9 Å². The van der Waals surface area contributed by atoms with Crippen molar-refractivity contribution >= 4 is 5.91 Å². The lowest BCUT2D eigenvalue weighted by Crippen LogP contribution is -2.42. The molecule has 1 saturated carbocycles. The number of rotatable bonds is 8. The van der Waals surface area contributed by atoms with E-state index in [1.54, 1.807) is 0 Å². The summed E-state index contributed by atoms with van der Waals surface area (Å²) in [4.78, 5) is 11.7. The quantitative estimate of drug-likeness (QED) is 0.658. The van der Waals surface area contributed by atoms with Gasteiger partial charge in [0.1, 0.15) is 5.75 Å². The van der Waals surface area contributed by atoms with Crippen molar-refractivity contribution in [3.05, 3.63) is 71.6 Å². The van der Waals surface area contributed by atoms with Crippen LogP contribution in [0.15, 0.2) is 48.5 Å². The number of aliphatic hydroxyl groups excluding tert-OH is 1. The van der Waals surface area contributed by atoms with Crippen LogP contribution in [0.3, 0.4) is 0 Å². The highest BCUT2D eigenvalue weighted by atomic mass is 16.5. The molecule has 0 aromatic heterocycles. The molecule has 2 aromatic carbocycles. The number of primary amides is 1. The third kappa shape index (κ3) is 4.54. The molecule has 1 radical (unpaired) electrons. The Hall–Kier alpha value is -2.37. The van der Waals surface area contributed by atoms with Gasteiger partial charge in [-0.2, -0.15) is 0 Å². The molecular formula is C23H27N2O3. The van der Waals surface area contributed by atoms with Crippen molar-refractivity contribution in [2.24, 2.45) is 5.73 Å². The van der Waals surface area contributed by atoms with Gasteiger partial charge in [-0.25, -0.2) is 0 Å². The molecule has 2 aliphatic rings. The fourth-order valence-corrected chi connectivity index (χ4v) is 3.76. The first kappa shape index (κ1) is 19.0. The van der Waals surface area contributed by atoms with E-state index in [1.165, 1.54) is 24.0 Å². The fourth-order valence-electron chi connectivity index (χ4n) is 3.76. The second-order valence-corrected chi connectivity index (χ2v) is 7.77. The van der Waals surface area contributed by atoms with Gasteiger partial charge in [-0.15, -0.1) is 0 Å². The molecule has 3 atom stereocenters. The number of carbonyl (C=O) groups excluding carboxylic acids is 1. The molecule has 0 bridgehead atoms. The van der Waals surface area contributed by atoms with Gasteiger partial charge in [-0.05, 0) is 48.8 Å². The highest BCUT2D eigenvalue weighted by Crippen LogP contribution is 2.44. The van der Waals surface area contributed by atoms with Crippen molar-refractivity contribution in [2.45, 2.75) is 49.9 Å². The molecule has 28 heavy (non-hydrogen) atoms. The minimum atomic E-state index is -0.651. The van der Waals surface area contributed by atoms with E-state index in [0.717, 1.165) is 5.56 Å². The normalized spacial score (nSPS) is 22.2. The Morgan fingerprint density at radius 1 is 1.25 bits per heavy atom. The van der Waals surface area contributed by atoms with Crippen molar-refractivity contribution in [1.29, 1.82) is 0 Å². The van der Waals surface area contributed by atoms with Crippen molar-refractivity contribution in [1.82, 2.24) is 5.32 Å². The molecule has 1 fully saturated rings. The second kappa shape index (κ2) is 8.33. The highest BCUT2D eigenvalue weighted by molar-refractivity contribution is 5.79. The maximum atomic E-state index is 11.7. The van der Waals surface area contributed by atoms with E-state index >= 15 is 0 Å². The molecule has 147 valence electrons. The maximum absolute atomic E-state index is 11.7. The summed E-state index contributed by atoms with van der Waals surface area (Å²) in [6.45, 7) is 0.413. The molecular weight excluding hydrogens is 352 g/mol. The van der Waals surface area contributed by atoms with Gasteiger partial charge in [-0.3, -0.25) is 4.79 Å². The first-order valence-electron chi connectivity index (χ1n) is 9.98. The van der Waals surface area contributed by atoms with Gasteiger partial charge in [0.15, 0.2) is 6.10 Å². The number of carbonyl (C=O) groups is 1. The number of ether oxygens (including phenoxy) is 1. The minimum Gasteiger partial charge on any atom is -0.480 e. The average Bonchev–Trinajstić information content (AvgIpc) is 3.56. The molecule has 1 heterocycles. The lowest BCUT2D eigenvalue weighted by Gasteiger charge is -2.32.